The van der Waals surface area contributed by atoms with Gasteiger partial charge in [-0.15, -0.1) is 0 Å². The predicted molar refractivity (Wildman–Crippen MR) is 129 cm³/mol. The molecule has 1 fully saturated rings. The van der Waals surface area contributed by atoms with Crippen LogP contribution in [0.15, 0.2) is 48.2 Å². The van der Waals surface area contributed by atoms with Gasteiger partial charge in [0, 0.05) is 18.5 Å². The number of rotatable bonds is 12. The van der Waals surface area contributed by atoms with Gasteiger partial charge in [0.2, 0.25) is 5.91 Å². The van der Waals surface area contributed by atoms with E-state index in [1.54, 1.807) is 12.3 Å². The molecule has 0 aromatic carbocycles. The zero-order chi connectivity index (χ0) is 23.0. The summed E-state index contributed by atoms with van der Waals surface area (Å²) >= 11 is 0. The molecule has 5 atom stereocenters. The van der Waals surface area contributed by atoms with Crippen molar-refractivity contribution >= 4 is 11.7 Å². The van der Waals surface area contributed by atoms with E-state index >= 15 is 0 Å². The lowest BCUT2D eigenvalue weighted by atomic mass is 9.87. The predicted octanol–water partition coefficient (Wildman–Crippen LogP) is 5.41. The molecule has 5 heteroatoms. The Morgan fingerprint density at radius 2 is 2.16 bits per heavy atom. The highest BCUT2D eigenvalue weighted by Gasteiger charge is 2.43. The molecule has 1 aromatic heterocycles. The van der Waals surface area contributed by atoms with Crippen LogP contribution in [0.1, 0.15) is 78.1 Å². The molecule has 0 aliphatic heterocycles. The van der Waals surface area contributed by atoms with Crippen LogP contribution in [0.25, 0.3) is 0 Å². The van der Waals surface area contributed by atoms with E-state index in [0.717, 1.165) is 51.4 Å². The summed E-state index contributed by atoms with van der Waals surface area (Å²) in [6.45, 7) is 4.05. The van der Waals surface area contributed by atoms with Crippen LogP contribution in [0.2, 0.25) is 0 Å². The fourth-order valence-corrected chi connectivity index (χ4v) is 5.21. The van der Waals surface area contributed by atoms with Gasteiger partial charge in [-0.05, 0) is 75.8 Å². The number of carbonyl (C=O) groups is 1. The molecule has 0 bridgehead atoms. The molecule has 2 aliphatic rings. The monoisotopic (exact) mass is 440 g/mol. The molecule has 0 spiro atoms. The van der Waals surface area contributed by atoms with E-state index in [1.807, 2.05) is 19.1 Å². The van der Waals surface area contributed by atoms with Gasteiger partial charge in [0.05, 0.1) is 11.7 Å². The highest BCUT2D eigenvalue weighted by atomic mass is 16.3. The molecule has 5 nitrogen and oxygen atoms in total. The smallest absolute Gasteiger partial charge is 0.225 e. The Labute approximate surface area is 193 Å². The first kappa shape index (κ1) is 24.7. The van der Waals surface area contributed by atoms with Crippen LogP contribution in [-0.2, 0) is 4.79 Å². The van der Waals surface area contributed by atoms with Crippen molar-refractivity contribution in [1.82, 2.24) is 4.98 Å². The summed E-state index contributed by atoms with van der Waals surface area (Å²) in [5.74, 6) is 1.74. The number of carbonyl (C=O) groups excluding carboxylic acids is 1. The molecule has 0 radical (unpaired) electrons. The van der Waals surface area contributed by atoms with Crippen molar-refractivity contribution in [3.63, 3.8) is 0 Å². The van der Waals surface area contributed by atoms with Crippen molar-refractivity contribution < 1.29 is 15.0 Å². The fourth-order valence-electron chi connectivity index (χ4n) is 5.21. The molecule has 32 heavy (non-hydrogen) atoms. The molecule has 1 heterocycles. The van der Waals surface area contributed by atoms with Gasteiger partial charge in [-0.2, -0.15) is 0 Å². The number of pyridine rings is 1. The third-order valence-corrected chi connectivity index (χ3v) is 7.02. The average Bonchev–Trinajstić information content (AvgIpc) is 3.27. The lowest BCUT2D eigenvalue weighted by molar-refractivity contribution is -0.116. The van der Waals surface area contributed by atoms with Crippen LogP contribution in [0.4, 0.5) is 5.82 Å². The summed E-state index contributed by atoms with van der Waals surface area (Å²) in [6.07, 6.45) is 16.9. The van der Waals surface area contributed by atoms with Gasteiger partial charge in [-0.25, -0.2) is 4.98 Å². The Morgan fingerprint density at radius 1 is 1.31 bits per heavy atom. The molecule has 1 aromatic rings. The maximum absolute atomic E-state index is 12.1. The molecule has 3 N–H and O–H groups in total. The molecule has 3 rings (SSSR count). The van der Waals surface area contributed by atoms with E-state index in [2.05, 4.69) is 35.5 Å². The minimum atomic E-state index is -0.655. The minimum absolute atomic E-state index is 0.0177. The summed E-state index contributed by atoms with van der Waals surface area (Å²) < 4.78 is 0. The number of allylic oxidation sites excluding steroid dienone is 2. The number of nitrogens with one attached hydrogen (secondary N) is 1. The lowest BCUT2D eigenvalue weighted by Gasteiger charge is -2.22. The van der Waals surface area contributed by atoms with Crippen LogP contribution < -0.4 is 5.32 Å². The number of aliphatic hydroxyl groups is 2. The number of fused-ring (bicyclic) bond motifs is 1. The van der Waals surface area contributed by atoms with Crippen molar-refractivity contribution in [3.05, 3.63) is 48.2 Å². The second-order valence-corrected chi connectivity index (χ2v) is 9.94. The lowest BCUT2D eigenvalue weighted by Crippen LogP contribution is -2.23. The van der Waals surface area contributed by atoms with Crippen molar-refractivity contribution in [3.8, 4) is 0 Å². The Bertz CT molecular complexity index is 787. The standard InChI is InChI=1S/C27H40N2O3/c1-3-4-14-27(2,32)15-9-11-22-23-18-20(17-21(23)19-24(22)30)10-5-6-13-26(31)29-25-12-7-8-16-28-25/h7-9,11-12,16-17,21-24,30,32H,3-6,10,13-15,18-19H2,1-2H3,(H,28,29,31)/t21-,22+,23-,24+,27-/m0/s1. The van der Waals surface area contributed by atoms with Gasteiger partial charge in [0.15, 0.2) is 0 Å². The van der Waals surface area contributed by atoms with Crippen molar-refractivity contribution in [2.75, 3.05) is 5.32 Å². The van der Waals surface area contributed by atoms with E-state index in [9.17, 15) is 15.0 Å². The summed E-state index contributed by atoms with van der Waals surface area (Å²) in [4.78, 5) is 16.2. The van der Waals surface area contributed by atoms with E-state index in [-0.39, 0.29) is 17.9 Å². The normalized spacial score (nSPS) is 26.7. The second kappa shape index (κ2) is 11.8. The van der Waals surface area contributed by atoms with E-state index < -0.39 is 5.60 Å². The molecular weight excluding hydrogens is 400 g/mol. The topological polar surface area (TPSA) is 82.5 Å². The van der Waals surface area contributed by atoms with Crippen LogP contribution in [0, 0.1) is 17.8 Å². The Kier molecular flexibility index (Phi) is 9.06. The van der Waals surface area contributed by atoms with Gasteiger partial charge in [0.25, 0.3) is 0 Å². The van der Waals surface area contributed by atoms with Gasteiger partial charge < -0.3 is 15.5 Å². The SMILES string of the molecule is CCCC[C@](C)(O)CC=C[C@@H]1[C@H]2CC(CCCCC(=O)Nc3ccccn3)=C[C@H]2C[C@H]1O. The largest absolute Gasteiger partial charge is 0.392 e. The molecule has 2 aliphatic carbocycles. The van der Waals surface area contributed by atoms with Crippen molar-refractivity contribution in [1.29, 1.82) is 0 Å². The van der Waals surface area contributed by atoms with Gasteiger partial charge >= 0.3 is 0 Å². The number of hydrogen-bond acceptors (Lipinski definition) is 4. The molecule has 1 amide bonds. The summed E-state index contributed by atoms with van der Waals surface area (Å²) in [7, 11) is 0. The Hall–Kier alpha value is -1.98. The number of nitrogens with zero attached hydrogens (tertiary/aromatic N) is 1. The maximum Gasteiger partial charge on any atom is 0.225 e. The molecule has 0 unspecified atom stereocenters. The van der Waals surface area contributed by atoms with Gasteiger partial charge in [0.1, 0.15) is 5.82 Å². The first-order valence-corrected chi connectivity index (χ1v) is 12.4. The van der Waals surface area contributed by atoms with Gasteiger partial charge in [-0.1, -0.05) is 49.6 Å². The van der Waals surface area contributed by atoms with Gasteiger partial charge in [-0.3, -0.25) is 4.79 Å². The van der Waals surface area contributed by atoms with E-state index in [4.69, 9.17) is 0 Å². The highest BCUT2D eigenvalue weighted by Crippen LogP contribution is 2.48. The quantitative estimate of drug-likeness (QED) is 0.300. The van der Waals surface area contributed by atoms with Crippen LogP contribution in [0.3, 0.4) is 0 Å². The van der Waals surface area contributed by atoms with Crippen molar-refractivity contribution in [2.24, 2.45) is 17.8 Å². The number of hydrogen-bond donors (Lipinski definition) is 3. The maximum atomic E-state index is 12.1. The number of anilines is 1. The van der Waals surface area contributed by atoms with Crippen LogP contribution in [-0.4, -0.2) is 32.8 Å². The number of aliphatic hydroxyl groups excluding tert-OH is 1. The zero-order valence-corrected chi connectivity index (χ0v) is 19.7. The fraction of sp³-hybridized carbons (Fsp3) is 0.630. The van der Waals surface area contributed by atoms with E-state index in [1.165, 1.54) is 5.57 Å². The van der Waals surface area contributed by atoms with Crippen LogP contribution >= 0.6 is 0 Å². The minimum Gasteiger partial charge on any atom is -0.392 e. The Morgan fingerprint density at radius 3 is 2.91 bits per heavy atom. The first-order valence-electron chi connectivity index (χ1n) is 12.4. The molecular formula is C27H40N2O3. The molecule has 0 saturated heterocycles. The number of aromatic nitrogens is 1. The number of unbranched alkanes of at least 4 members (excludes halogenated alkanes) is 2. The first-order chi connectivity index (χ1) is 15.4. The third-order valence-electron chi connectivity index (χ3n) is 7.02. The summed E-state index contributed by atoms with van der Waals surface area (Å²) in [6, 6.07) is 5.49. The zero-order valence-electron chi connectivity index (χ0n) is 19.7. The highest BCUT2D eigenvalue weighted by molar-refractivity contribution is 5.89. The second-order valence-electron chi connectivity index (χ2n) is 9.94. The van der Waals surface area contributed by atoms with Crippen molar-refractivity contribution in [2.45, 2.75) is 89.8 Å². The number of amides is 1. The third kappa shape index (κ3) is 7.28. The van der Waals surface area contributed by atoms with Crippen LogP contribution in [0.5, 0.6) is 0 Å². The summed E-state index contributed by atoms with van der Waals surface area (Å²) in [5, 5.41) is 23.9. The molecule has 1 saturated carbocycles. The van der Waals surface area contributed by atoms with E-state index in [0.29, 0.717) is 30.5 Å². The Balaban J connectivity index is 1.39. The molecule has 176 valence electrons. The summed E-state index contributed by atoms with van der Waals surface area (Å²) in [5.41, 5.74) is 0.822. The average molecular weight is 441 g/mol.